The van der Waals surface area contributed by atoms with Gasteiger partial charge in [0.2, 0.25) is 0 Å². The Morgan fingerprint density at radius 3 is 2.61 bits per heavy atom. The third-order valence-corrected chi connectivity index (χ3v) is 4.88. The molecule has 0 aliphatic rings. The number of carbonyl (C=O) groups excluding carboxylic acids is 2. The Balaban J connectivity index is 1.58. The molecule has 0 aliphatic heterocycles. The number of nitrogens with one attached hydrogen (secondary N) is 1. The first-order valence-corrected chi connectivity index (χ1v) is 10.2. The fourth-order valence-corrected chi connectivity index (χ4v) is 3.36. The predicted octanol–water partition coefficient (Wildman–Crippen LogP) is 4.22. The second-order valence-corrected chi connectivity index (χ2v) is 7.26. The number of rotatable bonds is 8. The maximum atomic E-state index is 12.2. The third-order valence-electron chi connectivity index (χ3n) is 4.12. The number of hydrogen-bond acceptors (Lipinski definition) is 8. The molecule has 1 N–H and O–H groups in total. The van der Waals surface area contributed by atoms with Gasteiger partial charge in [-0.2, -0.15) is 0 Å². The molecule has 10 heteroatoms. The molecule has 0 atom stereocenters. The summed E-state index contributed by atoms with van der Waals surface area (Å²) in [6.07, 6.45) is 0. The Labute approximate surface area is 181 Å². The van der Waals surface area contributed by atoms with Crippen molar-refractivity contribution in [3.63, 3.8) is 0 Å². The van der Waals surface area contributed by atoms with Crippen LogP contribution in [0.5, 0.6) is 5.75 Å². The SMILES string of the molecule is CCOc1ccc(C(=O)OCC(=O)Nc2nc(-c3ccc(C)cc3)cs2)cc1[N+](=O)[O-]. The number of amides is 1. The van der Waals surface area contributed by atoms with Gasteiger partial charge in [0.25, 0.3) is 5.91 Å². The lowest BCUT2D eigenvalue weighted by molar-refractivity contribution is -0.385. The molecule has 2 aromatic carbocycles. The first-order valence-electron chi connectivity index (χ1n) is 9.28. The van der Waals surface area contributed by atoms with Crippen LogP contribution < -0.4 is 10.1 Å². The summed E-state index contributed by atoms with van der Waals surface area (Å²) in [6.45, 7) is 3.37. The Kier molecular flexibility index (Phi) is 6.93. The Bertz CT molecular complexity index is 1110. The van der Waals surface area contributed by atoms with Gasteiger partial charge in [0, 0.05) is 17.0 Å². The Morgan fingerprint density at radius 1 is 1.19 bits per heavy atom. The largest absolute Gasteiger partial charge is 0.487 e. The minimum absolute atomic E-state index is 0.0509. The van der Waals surface area contributed by atoms with Crippen molar-refractivity contribution in [3.8, 4) is 17.0 Å². The number of nitro groups is 1. The summed E-state index contributed by atoms with van der Waals surface area (Å²) in [5.74, 6) is -1.38. The normalized spacial score (nSPS) is 10.4. The number of nitrogens with zero attached hydrogens (tertiary/aromatic N) is 2. The summed E-state index contributed by atoms with van der Waals surface area (Å²) < 4.78 is 10.1. The van der Waals surface area contributed by atoms with Crippen molar-refractivity contribution in [2.45, 2.75) is 13.8 Å². The lowest BCUT2D eigenvalue weighted by Gasteiger charge is -2.07. The summed E-state index contributed by atoms with van der Waals surface area (Å²) in [4.78, 5) is 39.2. The minimum Gasteiger partial charge on any atom is -0.487 e. The van der Waals surface area contributed by atoms with E-state index in [4.69, 9.17) is 9.47 Å². The highest BCUT2D eigenvalue weighted by molar-refractivity contribution is 7.14. The molecule has 0 aliphatic carbocycles. The molecule has 3 aromatic rings. The van der Waals surface area contributed by atoms with Crippen LogP contribution in [0.2, 0.25) is 0 Å². The van der Waals surface area contributed by atoms with Crippen LogP contribution in [0.25, 0.3) is 11.3 Å². The summed E-state index contributed by atoms with van der Waals surface area (Å²) in [7, 11) is 0. The maximum Gasteiger partial charge on any atom is 0.338 e. The van der Waals surface area contributed by atoms with Crippen molar-refractivity contribution in [1.29, 1.82) is 0 Å². The molecule has 0 radical (unpaired) electrons. The molecule has 9 nitrogen and oxygen atoms in total. The quantitative estimate of drug-likeness (QED) is 0.316. The van der Waals surface area contributed by atoms with Gasteiger partial charge in [-0.15, -0.1) is 11.3 Å². The van der Waals surface area contributed by atoms with Crippen LogP contribution >= 0.6 is 11.3 Å². The van der Waals surface area contributed by atoms with Crippen LogP contribution in [0.3, 0.4) is 0 Å². The summed E-state index contributed by atoms with van der Waals surface area (Å²) in [5.41, 5.74) is 2.36. The van der Waals surface area contributed by atoms with Gasteiger partial charge in [0.1, 0.15) is 0 Å². The van der Waals surface area contributed by atoms with Crippen LogP contribution in [0, 0.1) is 17.0 Å². The first-order chi connectivity index (χ1) is 14.9. The van der Waals surface area contributed by atoms with Crippen LogP contribution in [0.1, 0.15) is 22.8 Å². The van der Waals surface area contributed by atoms with Crippen molar-refractivity contribution >= 4 is 34.0 Å². The second-order valence-electron chi connectivity index (χ2n) is 6.40. The maximum absolute atomic E-state index is 12.2. The molecule has 0 bridgehead atoms. The number of benzene rings is 2. The van der Waals surface area contributed by atoms with Gasteiger partial charge in [0.05, 0.1) is 22.8 Å². The zero-order chi connectivity index (χ0) is 22.4. The van der Waals surface area contributed by atoms with E-state index in [1.165, 1.54) is 23.5 Å². The van der Waals surface area contributed by atoms with E-state index < -0.39 is 23.4 Å². The molecule has 31 heavy (non-hydrogen) atoms. The van der Waals surface area contributed by atoms with Gasteiger partial charge >= 0.3 is 11.7 Å². The van der Waals surface area contributed by atoms with E-state index in [9.17, 15) is 19.7 Å². The highest BCUT2D eigenvalue weighted by Gasteiger charge is 2.20. The average molecular weight is 441 g/mol. The molecule has 1 aromatic heterocycles. The molecular formula is C21H19N3O6S. The van der Waals surface area contributed by atoms with Crippen molar-refractivity contribution in [3.05, 3.63) is 69.1 Å². The minimum atomic E-state index is -0.860. The van der Waals surface area contributed by atoms with Gasteiger partial charge in [0.15, 0.2) is 17.5 Å². The molecule has 1 amide bonds. The lowest BCUT2D eigenvalue weighted by atomic mass is 10.1. The van der Waals surface area contributed by atoms with E-state index in [0.717, 1.165) is 22.9 Å². The number of aryl methyl sites for hydroxylation is 1. The molecule has 0 saturated carbocycles. The number of carbonyl (C=O) groups is 2. The van der Waals surface area contributed by atoms with E-state index >= 15 is 0 Å². The molecule has 1 heterocycles. The molecule has 160 valence electrons. The van der Waals surface area contributed by atoms with Gasteiger partial charge < -0.3 is 9.47 Å². The van der Waals surface area contributed by atoms with E-state index in [0.29, 0.717) is 5.13 Å². The fourth-order valence-electron chi connectivity index (χ4n) is 2.62. The Hall–Kier alpha value is -3.79. The van der Waals surface area contributed by atoms with Crippen molar-refractivity contribution in [2.75, 3.05) is 18.5 Å². The van der Waals surface area contributed by atoms with Crippen LogP contribution in [-0.2, 0) is 9.53 Å². The molecule has 0 unspecified atom stereocenters. The van der Waals surface area contributed by atoms with Gasteiger partial charge in [-0.05, 0) is 26.0 Å². The number of aromatic nitrogens is 1. The monoisotopic (exact) mass is 441 g/mol. The average Bonchev–Trinajstić information content (AvgIpc) is 3.21. The van der Waals surface area contributed by atoms with Crippen LogP contribution in [-0.4, -0.2) is 35.0 Å². The highest BCUT2D eigenvalue weighted by Crippen LogP contribution is 2.28. The molecule has 0 spiro atoms. The second kappa shape index (κ2) is 9.81. The number of thiazole rings is 1. The lowest BCUT2D eigenvalue weighted by Crippen LogP contribution is -2.21. The number of esters is 1. The highest BCUT2D eigenvalue weighted by atomic mass is 32.1. The van der Waals surface area contributed by atoms with Gasteiger partial charge in [-0.3, -0.25) is 20.2 Å². The number of nitro benzene ring substituents is 1. The van der Waals surface area contributed by atoms with Crippen molar-refractivity contribution < 1.29 is 24.0 Å². The fraction of sp³-hybridized carbons (Fsp3) is 0.190. The predicted molar refractivity (Wildman–Crippen MR) is 115 cm³/mol. The zero-order valence-electron chi connectivity index (χ0n) is 16.8. The third kappa shape index (κ3) is 5.64. The summed E-state index contributed by atoms with van der Waals surface area (Å²) in [5, 5.41) is 15.9. The van der Waals surface area contributed by atoms with Crippen molar-refractivity contribution in [2.24, 2.45) is 0 Å². The van der Waals surface area contributed by atoms with E-state index in [2.05, 4.69) is 10.3 Å². The number of ether oxygens (including phenoxy) is 2. The van der Waals surface area contributed by atoms with E-state index in [1.807, 2.05) is 36.6 Å². The van der Waals surface area contributed by atoms with E-state index in [1.54, 1.807) is 6.92 Å². The Morgan fingerprint density at radius 2 is 1.94 bits per heavy atom. The summed E-state index contributed by atoms with van der Waals surface area (Å²) in [6, 6.07) is 11.5. The van der Waals surface area contributed by atoms with Gasteiger partial charge in [-0.1, -0.05) is 29.8 Å². The molecule has 0 saturated heterocycles. The van der Waals surface area contributed by atoms with Crippen LogP contribution in [0.4, 0.5) is 10.8 Å². The smallest absolute Gasteiger partial charge is 0.338 e. The topological polar surface area (TPSA) is 121 Å². The summed E-state index contributed by atoms with van der Waals surface area (Å²) >= 11 is 1.25. The van der Waals surface area contributed by atoms with Crippen LogP contribution in [0.15, 0.2) is 47.8 Å². The molecular weight excluding hydrogens is 422 g/mol. The molecule has 3 rings (SSSR count). The zero-order valence-corrected chi connectivity index (χ0v) is 17.6. The number of hydrogen-bond donors (Lipinski definition) is 1. The molecule has 0 fully saturated rings. The standard InChI is InChI=1S/C21H19N3O6S/c1-3-29-18-9-8-15(10-17(18)24(27)28)20(26)30-11-19(25)23-21-22-16(12-31-21)14-6-4-13(2)5-7-14/h4-10,12H,3,11H2,1-2H3,(H,22,23,25). The first kappa shape index (κ1) is 21.9. The van der Waals surface area contributed by atoms with Crippen molar-refractivity contribution in [1.82, 2.24) is 4.98 Å². The number of anilines is 1. The van der Waals surface area contributed by atoms with Gasteiger partial charge in [-0.25, -0.2) is 9.78 Å². The van der Waals surface area contributed by atoms with E-state index in [-0.39, 0.29) is 23.6 Å².